The van der Waals surface area contributed by atoms with Crippen LogP contribution in [0.3, 0.4) is 0 Å². The molecule has 0 saturated heterocycles. The van der Waals surface area contributed by atoms with Crippen molar-refractivity contribution in [2.24, 2.45) is 0 Å². The van der Waals surface area contributed by atoms with Crippen LogP contribution in [0.4, 0.5) is 15.9 Å². The first-order chi connectivity index (χ1) is 10.5. The molecular weight excluding hydrogens is 293 g/mol. The smallest absolute Gasteiger partial charge is 0.339 e. The largest absolute Gasteiger partial charge is 0.465 e. The average Bonchev–Trinajstić information content (AvgIpc) is 2.52. The zero-order valence-corrected chi connectivity index (χ0v) is 11.6. The third kappa shape index (κ3) is 3.54. The van der Waals surface area contributed by atoms with Gasteiger partial charge in [-0.3, -0.25) is 10.1 Å². The summed E-state index contributed by atoms with van der Waals surface area (Å²) in [5.74, 6) is -1.13. The Morgan fingerprint density at radius 2 is 2.23 bits per heavy atom. The van der Waals surface area contributed by atoms with Gasteiger partial charge in [-0.2, -0.15) is 0 Å². The maximum absolute atomic E-state index is 13.1. The summed E-state index contributed by atoms with van der Waals surface area (Å²) in [6.07, 6.45) is 1.17. The van der Waals surface area contributed by atoms with Crippen LogP contribution in [0.5, 0.6) is 0 Å². The maximum Gasteiger partial charge on any atom is 0.339 e. The summed E-state index contributed by atoms with van der Waals surface area (Å²) in [4.78, 5) is 25.6. The lowest BCUT2D eigenvalue weighted by atomic mass is 10.2. The average molecular weight is 305 g/mol. The number of carbonyl (C=O) groups is 1. The van der Waals surface area contributed by atoms with E-state index in [0.29, 0.717) is 5.56 Å². The number of pyridine rings is 1. The van der Waals surface area contributed by atoms with Crippen molar-refractivity contribution in [3.8, 4) is 0 Å². The molecule has 2 aromatic rings. The monoisotopic (exact) mass is 305 g/mol. The Morgan fingerprint density at radius 3 is 2.86 bits per heavy atom. The van der Waals surface area contributed by atoms with Gasteiger partial charge in [-0.15, -0.1) is 0 Å². The number of benzene rings is 1. The molecule has 0 spiro atoms. The highest BCUT2D eigenvalue weighted by Crippen LogP contribution is 2.23. The molecule has 0 aliphatic heterocycles. The molecule has 0 unspecified atom stereocenters. The molecule has 1 aromatic heterocycles. The highest BCUT2D eigenvalue weighted by atomic mass is 19.1. The third-order valence-corrected chi connectivity index (χ3v) is 2.83. The lowest BCUT2D eigenvalue weighted by Gasteiger charge is -2.07. The number of hydrogen-bond acceptors (Lipinski definition) is 6. The molecule has 0 atom stereocenters. The van der Waals surface area contributed by atoms with E-state index in [4.69, 9.17) is 0 Å². The fourth-order valence-electron chi connectivity index (χ4n) is 1.79. The minimum Gasteiger partial charge on any atom is -0.465 e. The van der Waals surface area contributed by atoms with Crippen molar-refractivity contribution in [1.82, 2.24) is 4.98 Å². The van der Waals surface area contributed by atoms with Gasteiger partial charge in [-0.1, -0.05) is 12.1 Å². The van der Waals surface area contributed by atoms with E-state index in [1.807, 2.05) is 0 Å². The van der Waals surface area contributed by atoms with E-state index in [-0.39, 0.29) is 23.6 Å². The molecule has 22 heavy (non-hydrogen) atoms. The number of nitrogens with one attached hydrogen (secondary N) is 1. The molecule has 0 fully saturated rings. The van der Waals surface area contributed by atoms with E-state index in [1.54, 1.807) is 6.07 Å². The SMILES string of the molecule is COC(=O)c1cnc(NCc2cccc(F)c2)c([N+](=O)[O-])c1. The molecule has 0 amide bonds. The molecule has 1 heterocycles. The van der Waals surface area contributed by atoms with Gasteiger partial charge in [0, 0.05) is 18.8 Å². The van der Waals surface area contributed by atoms with Crippen LogP contribution in [-0.2, 0) is 11.3 Å². The molecule has 2 rings (SSSR count). The maximum atomic E-state index is 13.1. The second kappa shape index (κ2) is 6.61. The topological polar surface area (TPSA) is 94.4 Å². The van der Waals surface area contributed by atoms with Crippen molar-refractivity contribution in [2.75, 3.05) is 12.4 Å². The number of rotatable bonds is 5. The Morgan fingerprint density at radius 1 is 1.45 bits per heavy atom. The second-order valence-corrected chi connectivity index (χ2v) is 4.32. The first-order valence-electron chi connectivity index (χ1n) is 6.22. The number of halogens is 1. The van der Waals surface area contributed by atoms with Gasteiger partial charge < -0.3 is 10.1 Å². The molecule has 0 aliphatic rings. The van der Waals surface area contributed by atoms with E-state index in [1.165, 1.54) is 31.5 Å². The van der Waals surface area contributed by atoms with Crippen molar-refractivity contribution in [3.63, 3.8) is 0 Å². The minimum atomic E-state index is -0.715. The van der Waals surface area contributed by atoms with Crippen molar-refractivity contribution < 1.29 is 18.8 Å². The molecule has 7 nitrogen and oxygen atoms in total. The van der Waals surface area contributed by atoms with Gasteiger partial charge >= 0.3 is 11.7 Å². The summed E-state index contributed by atoms with van der Waals surface area (Å²) >= 11 is 0. The van der Waals surface area contributed by atoms with E-state index in [9.17, 15) is 19.3 Å². The first kappa shape index (κ1) is 15.4. The Balaban J connectivity index is 2.23. The summed E-state index contributed by atoms with van der Waals surface area (Å²) in [5.41, 5.74) is 0.220. The molecule has 0 bridgehead atoms. The number of anilines is 1. The molecule has 8 heteroatoms. The zero-order valence-electron chi connectivity index (χ0n) is 11.6. The zero-order chi connectivity index (χ0) is 16.1. The number of ether oxygens (including phenoxy) is 1. The van der Waals surface area contributed by atoms with Gasteiger partial charge in [0.05, 0.1) is 17.6 Å². The molecule has 1 N–H and O–H groups in total. The summed E-state index contributed by atoms with van der Waals surface area (Å²) in [6.45, 7) is 0.156. The van der Waals surface area contributed by atoms with Crippen LogP contribution < -0.4 is 5.32 Å². The summed E-state index contributed by atoms with van der Waals surface area (Å²) in [7, 11) is 1.17. The van der Waals surface area contributed by atoms with Gasteiger partial charge in [0.25, 0.3) is 0 Å². The van der Waals surface area contributed by atoms with Crippen LogP contribution in [0.25, 0.3) is 0 Å². The van der Waals surface area contributed by atoms with Crippen molar-refractivity contribution in [1.29, 1.82) is 0 Å². The molecular formula is C14H12FN3O4. The van der Waals surface area contributed by atoms with E-state index in [0.717, 1.165) is 6.07 Å². The Labute approximate surface area is 124 Å². The number of hydrogen-bond donors (Lipinski definition) is 1. The van der Waals surface area contributed by atoms with Crippen LogP contribution in [-0.4, -0.2) is 23.0 Å². The molecule has 1 aromatic carbocycles. The standard InChI is InChI=1S/C14H12FN3O4/c1-22-14(19)10-6-12(18(20)21)13(17-8-10)16-7-9-3-2-4-11(15)5-9/h2-6,8H,7H2,1H3,(H,16,17). The van der Waals surface area contributed by atoms with Crippen LogP contribution in [0.15, 0.2) is 36.5 Å². The summed E-state index contributed by atoms with van der Waals surface area (Å²) in [6, 6.07) is 6.89. The predicted molar refractivity (Wildman–Crippen MR) is 76.0 cm³/mol. The van der Waals surface area contributed by atoms with E-state index >= 15 is 0 Å². The highest BCUT2D eigenvalue weighted by molar-refractivity contribution is 5.90. The molecule has 0 saturated carbocycles. The molecule has 114 valence electrons. The molecule has 0 radical (unpaired) electrons. The van der Waals surface area contributed by atoms with E-state index < -0.39 is 16.7 Å². The van der Waals surface area contributed by atoms with Crippen molar-refractivity contribution in [2.45, 2.75) is 6.54 Å². The Bertz CT molecular complexity index is 721. The fourth-order valence-corrected chi connectivity index (χ4v) is 1.79. The normalized spacial score (nSPS) is 10.1. The third-order valence-electron chi connectivity index (χ3n) is 2.83. The number of methoxy groups -OCH3 is 1. The Kier molecular flexibility index (Phi) is 4.62. The highest BCUT2D eigenvalue weighted by Gasteiger charge is 2.19. The van der Waals surface area contributed by atoms with Gasteiger partial charge in [0.2, 0.25) is 5.82 Å². The Hall–Kier alpha value is -3.03. The van der Waals surface area contributed by atoms with Crippen LogP contribution in [0.1, 0.15) is 15.9 Å². The number of nitro groups is 1. The van der Waals surface area contributed by atoms with Gasteiger partial charge in [0.1, 0.15) is 5.82 Å². The van der Waals surface area contributed by atoms with Gasteiger partial charge in [-0.25, -0.2) is 14.2 Å². The van der Waals surface area contributed by atoms with Crippen molar-refractivity contribution in [3.05, 3.63) is 63.6 Å². The van der Waals surface area contributed by atoms with Crippen LogP contribution in [0.2, 0.25) is 0 Å². The second-order valence-electron chi connectivity index (χ2n) is 4.32. The van der Waals surface area contributed by atoms with E-state index in [2.05, 4.69) is 15.0 Å². The minimum absolute atomic E-state index is 0.0121. The van der Waals surface area contributed by atoms with Crippen LogP contribution in [0, 0.1) is 15.9 Å². The van der Waals surface area contributed by atoms with Crippen molar-refractivity contribution >= 4 is 17.5 Å². The summed E-state index contributed by atoms with van der Waals surface area (Å²) < 4.78 is 17.6. The van der Waals surface area contributed by atoms with Gasteiger partial charge in [0.15, 0.2) is 0 Å². The number of nitrogens with zero attached hydrogens (tertiary/aromatic N) is 2. The lowest BCUT2D eigenvalue weighted by molar-refractivity contribution is -0.384. The number of esters is 1. The quantitative estimate of drug-likeness (QED) is 0.518. The first-order valence-corrected chi connectivity index (χ1v) is 6.22. The molecule has 0 aliphatic carbocycles. The fraction of sp³-hybridized carbons (Fsp3) is 0.143. The lowest BCUT2D eigenvalue weighted by Crippen LogP contribution is -2.08. The summed E-state index contributed by atoms with van der Waals surface area (Å²) in [5, 5.41) is 13.8. The number of carbonyl (C=O) groups excluding carboxylic acids is 1. The number of aromatic nitrogens is 1. The van der Waals surface area contributed by atoms with Gasteiger partial charge in [-0.05, 0) is 17.7 Å². The predicted octanol–water partition coefficient (Wildman–Crippen LogP) is 2.53. The van der Waals surface area contributed by atoms with Crippen LogP contribution >= 0.6 is 0 Å².